The van der Waals surface area contributed by atoms with Gasteiger partial charge in [-0.1, -0.05) is 54.6 Å². The number of rotatable bonds is 2. The topological polar surface area (TPSA) is 46.2 Å². The molecule has 0 saturated heterocycles. The van der Waals surface area contributed by atoms with E-state index in [1.165, 1.54) is 11.1 Å². The van der Waals surface area contributed by atoms with Crippen molar-refractivity contribution < 1.29 is 5.11 Å². The lowest BCUT2D eigenvalue weighted by Gasteiger charge is -2.28. The zero-order valence-corrected chi connectivity index (χ0v) is 10.9. The van der Waals surface area contributed by atoms with Gasteiger partial charge in [-0.25, -0.2) is 0 Å². The van der Waals surface area contributed by atoms with E-state index in [4.69, 9.17) is 5.73 Å². The molecular weight excluding hydrogens is 234 g/mol. The predicted octanol–water partition coefficient (Wildman–Crippen LogP) is 3.05. The average Bonchev–Trinajstić information content (AvgIpc) is 2.81. The molecule has 0 bridgehead atoms. The van der Waals surface area contributed by atoms with Gasteiger partial charge in [0.15, 0.2) is 0 Å². The first-order chi connectivity index (χ1) is 9.20. The molecular formula is C17H19NO. The lowest BCUT2D eigenvalue weighted by molar-refractivity contribution is 0.0282. The summed E-state index contributed by atoms with van der Waals surface area (Å²) in [6, 6.07) is 18.2. The Balaban J connectivity index is 1.91. The Bertz CT molecular complexity index is 549. The third-order valence-electron chi connectivity index (χ3n) is 4.18. The second-order valence-corrected chi connectivity index (χ2v) is 5.37. The molecule has 3 rings (SSSR count). The Kier molecular flexibility index (Phi) is 3.13. The summed E-state index contributed by atoms with van der Waals surface area (Å²) >= 11 is 0. The molecule has 0 unspecified atom stereocenters. The van der Waals surface area contributed by atoms with E-state index in [2.05, 4.69) is 24.3 Å². The van der Waals surface area contributed by atoms with Crippen molar-refractivity contribution in [3.05, 3.63) is 60.2 Å². The number of aliphatic hydroxyl groups is 1. The van der Waals surface area contributed by atoms with Crippen molar-refractivity contribution in [2.45, 2.75) is 30.9 Å². The maximum Gasteiger partial charge on any atom is 0.105 e. The fraction of sp³-hybridized carbons (Fsp3) is 0.294. The van der Waals surface area contributed by atoms with Crippen molar-refractivity contribution in [3.63, 3.8) is 0 Å². The van der Waals surface area contributed by atoms with Gasteiger partial charge in [-0.15, -0.1) is 0 Å². The molecule has 2 aromatic carbocycles. The Morgan fingerprint density at radius 2 is 1.58 bits per heavy atom. The summed E-state index contributed by atoms with van der Waals surface area (Å²) in [5, 5.41) is 10.7. The number of hydrogen-bond acceptors (Lipinski definition) is 2. The van der Waals surface area contributed by atoms with Crippen LogP contribution in [0.5, 0.6) is 0 Å². The van der Waals surface area contributed by atoms with Crippen LogP contribution < -0.4 is 5.73 Å². The molecule has 1 saturated carbocycles. The standard InChI is InChI=1S/C17H19NO/c18-16-7-4-12-17(16,19)15-10-8-14(9-11-15)13-5-2-1-3-6-13/h1-3,5-6,8-11,16,19H,4,7,12,18H2/t16-,17+/m0/s1. The Morgan fingerprint density at radius 1 is 0.947 bits per heavy atom. The van der Waals surface area contributed by atoms with Crippen LogP contribution in [0.25, 0.3) is 11.1 Å². The van der Waals surface area contributed by atoms with Crippen LogP contribution in [-0.4, -0.2) is 11.1 Å². The van der Waals surface area contributed by atoms with Crippen LogP contribution in [0.4, 0.5) is 0 Å². The molecule has 0 heterocycles. The quantitative estimate of drug-likeness (QED) is 0.864. The van der Waals surface area contributed by atoms with E-state index in [9.17, 15) is 5.11 Å². The first-order valence-corrected chi connectivity index (χ1v) is 6.84. The molecule has 1 aliphatic rings. The molecule has 19 heavy (non-hydrogen) atoms. The second kappa shape index (κ2) is 4.80. The van der Waals surface area contributed by atoms with Crippen molar-refractivity contribution >= 4 is 0 Å². The van der Waals surface area contributed by atoms with Crippen LogP contribution in [0, 0.1) is 0 Å². The lowest BCUT2D eigenvalue weighted by atomic mass is 9.88. The highest BCUT2D eigenvalue weighted by atomic mass is 16.3. The van der Waals surface area contributed by atoms with E-state index in [-0.39, 0.29) is 6.04 Å². The number of nitrogens with two attached hydrogens (primary N) is 1. The van der Waals surface area contributed by atoms with E-state index in [1.54, 1.807) is 0 Å². The van der Waals surface area contributed by atoms with Crippen molar-refractivity contribution in [1.82, 2.24) is 0 Å². The van der Waals surface area contributed by atoms with Gasteiger partial charge in [0.1, 0.15) is 5.60 Å². The van der Waals surface area contributed by atoms with Crippen LogP contribution in [0.1, 0.15) is 24.8 Å². The smallest absolute Gasteiger partial charge is 0.105 e. The highest BCUT2D eigenvalue weighted by Gasteiger charge is 2.40. The van der Waals surface area contributed by atoms with Gasteiger partial charge in [-0.2, -0.15) is 0 Å². The summed E-state index contributed by atoms with van der Waals surface area (Å²) in [6.45, 7) is 0. The normalized spacial score (nSPS) is 26.5. The van der Waals surface area contributed by atoms with Gasteiger partial charge < -0.3 is 10.8 Å². The first kappa shape index (κ1) is 12.4. The monoisotopic (exact) mass is 253 g/mol. The maximum absolute atomic E-state index is 10.7. The largest absolute Gasteiger partial charge is 0.384 e. The van der Waals surface area contributed by atoms with Gasteiger partial charge in [-0.05, 0) is 36.0 Å². The summed E-state index contributed by atoms with van der Waals surface area (Å²) < 4.78 is 0. The van der Waals surface area contributed by atoms with Crippen LogP contribution in [0.3, 0.4) is 0 Å². The summed E-state index contributed by atoms with van der Waals surface area (Å²) in [5.41, 5.74) is 8.51. The fourth-order valence-corrected chi connectivity index (χ4v) is 2.96. The van der Waals surface area contributed by atoms with Crippen LogP contribution in [-0.2, 0) is 5.60 Å². The van der Waals surface area contributed by atoms with E-state index in [0.717, 1.165) is 24.8 Å². The Labute approximate surface area is 113 Å². The molecule has 0 aliphatic heterocycles. The van der Waals surface area contributed by atoms with Crippen molar-refractivity contribution in [2.24, 2.45) is 5.73 Å². The molecule has 0 radical (unpaired) electrons. The van der Waals surface area contributed by atoms with E-state index >= 15 is 0 Å². The van der Waals surface area contributed by atoms with Gasteiger partial charge in [-0.3, -0.25) is 0 Å². The van der Waals surface area contributed by atoms with Gasteiger partial charge in [0.05, 0.1) is 0 Å². The number of hydrogen-bond donors (Lipinski definition) is 2. The van der Waals surface area contributed by atoms with Crippen molar-refractivity contribution in [1.29, 1.82) is 0 Å². The van der Waals surface area contributed by atoms with Gasteiger partial charge >= 0.3 is 0 Å². The van der Waals surface area contributed by atoms with Gasteiger partial charge in [0.25, 0.3) is 0 Å². The number of benzene rings is 2. The van der Waals surface area contributed by atoms with Crippen LogP contribution in [0.2, 0.25) is 0 Å². The maximum atomic E-state index is 10.7. The highest BCUT2D eigenvalue weighted by molar-refractivity contribution is 5.63. The van der Waals surface area contributed by atoms with Crippen LogP contribution in [0.15, 0.2) is 54.6 Å². The Hall–Kier alpha value is -1.64. The third-order valence-corrected chi connectivity index (χ3v) is 4.18. The minimum atomic E-state index is -0.838. The Morgan fingerprint density at radius 3 is 2.16 bits per heavy atom. The van der Waals surface area contributed by atoms with Crippen LogP contribution >= 0.6 is 0 Å². The van der Waals surface area contributed by atoms with Gasteiger partial charge in [0.2, 0.25) is 0 Å². The minimum absolute atomic E-state index is 0.143. The molecule has 98 valence electrons. The van der Waals surface area contributed by atoms with E-state index in [1.807, 2.05) is 30.3 Å². The molecule has 0 aromatic heterocycles. The van der Waals surface area contributed by atoms with E-state index < -0.39 is 5.60 Å². The molecule has 2 atom stereocenters. The zero-order valence-electron chi connectivity index (χ0n) is 10.9. The fourth-order valence-electron chi connectivity index (χ4n) is 2.96. The zero-order chi connectivity index (χ0) is 13.3. The summed E-state index contributed by atoms with van der Waals surface area (Å²) in [4.78, 5) is 0. The van der Waals surface area contributed by atoms with E-state index in [0.29, 0.717) is 0 Å². The van der Waals surface area contributed by atoms with Gasteiger partial charge in [0, 0.05) is 6.04 Å². The first-order valence-electron chi connectivity index (χ1n) is 6.84. The molecule has 2 heteroatoms. The molecule has 3 N–H and O–H groups in total. The third kappa shape index (κ3) is 2.18. The molecule has 1 aliphatic carbocycles. The molecule has 2 aromatic rings. The second-order valence-electron chi connectivity index (χ2n) is 5.37. The molecule has 0 amide bonds. The average molecular weight is 253 g/mol. The lowest BCUT2D eigenvalue weighted by Crippen LogP contribution is -2.40. The van der Waals surface area contributed by atoms with Crippen molar-refractivity contribution in [2.75, 3.05) is 0 Å². The molecule has 2 nitrogen and oxygen atoms in total. The summed E-state index contributed by atoms with van der Waals surface area (Å²) in [5.74, 6) is 0. The predicted molar refractivity (Wildman–Crippen MR) is 77.6 cm³/mol. The highest BCUT2D eigenvalue weighted by Crippen LogP contribution is 2.38. The summed E-state index contributed by atoms with van der Waals surface area (Å²) in [6.07, 6.45) is 2.66. The molecule has 0 spiro atoms. The molecule has 1 fully saturated rings. The minimum Gasteiger partial charge on any atom is -0.384 e. The SMILES string of the molecule is N[C@H]1CCC[C@@]1(O)c1ccc(-c2ccccc2)cc1. The summed E-state index contributed by atoms with van der Waals surface area (Å²) in [7, 11) is 0. The van der Waals surface area contributed by atoms with Crippen molar-refractivity contribution in [3.8, 4) is 11.1 Å².